The number of hydrogen-bond acceptors (Lipinski definition) is 4. The first-order valence-corrected chi connectivity index (χ1v) is 11.5. The van der Waals surface area contributed by atoms with E-state index in [-0.39, 0.29) is 24.2 Å². The Labute approximate surface area is 181 Å². The largest absolute Gasteiger partial charge is 0.348 e. The molecule has 0 atom stereocenters. The summed E-state index contributed by atoms with van der Waals surface area (Å²) in [4.78, 5) is 15.5. The number of imidazole rings is 1. The lowest BCUT2D eigenvalue weighted by molar-refractivity contribution is 0.0951. The minimum atomic E-state index is -3.45. The highest BCUT2D eigenvalue weighted by molar-refractivity contribution is 7.88. The van der Waals surface area contributed by atoms with Gasteiger partial charge in [-0.2, -0.15) is 0 Å². The highest BCUT2D eigenvalue weighted by Gasteiger charge is 2.16. The molecule has 3 aromatic rings. The van der Waals surface area contributed by atoms with Crippen molar-refractivity contribution in [1.29, 1.82) is 0 Å². The molecule has 1 aromatic heterocycles. The van der Waals surface area contributed by atoms with Crippen LogP contribution in [-0.4, -0.2) is 29.9 Å². The standard InChI is InChI=1S/C21H24N4O3S2/c1-15(2)24-30(27,28)14-18-6-4-3-5-17(18)13-23-20(26)16-7-9-19(10-8-16)25-12-11-22-21(25)29/h3-12,15,24H,13-14H2,1-2H3,(H,22,29)(H,23,26). The molecular formula is C21H24N4O3S2. The molecule has 0 radical (unpaired) electrons. The Morgan fingerprint density at radius 1 is 1.10 bits per heavy atom. The van der Waals surface area contributed by atoms with E-state index in [1.165, 1.54) is 0 Å². The summed E-state index contributed by atoms with van der Waals surface area (Å²) in [6.45, 7) is 3.79. The van der Waals surface area contributed by atoms with Crippen molar-refractivity contribution in [2.45, 2.75) is 32.2 Å². The molecule has 7 nitrogen and oxygen atoms in total. The number of aromatic nitrogens is 2. The number of benzene rings is 2. The molecule has 0 aliphatic rings. The van der Waals surface area contributed by atoms with Crippen molar-refractivity contribution in [2.75, 3.05) is 0 Å². The summed E-state index contributed by atoms with van der Waals surface area (Å²) < 4.78 is 29.5. The fraction of sp³-hybridized carbons (Fsp3) is 0.238. The van der Waals surface area contributed by atoms with Crippen molar-refractivity contribution in [2.24, 2.45) is 0 Å². The number of carbonyl (C=O) groups is 1. The minimum Gasteiger partial charge on any atom is -0.348 e. The van der Waals surface area contributed by atoms with Gasteiger partial charge in [-0.05, 0) is 61.5 Å². The maximum absolute atomic E-state index is 12.5. The molecule has 30 heavy (non-hydrogen) atoms. The first-order valence-electron chi connectivity index (χ1n) is 9.46. The smallest absolute Gasteiger partial charge is 0.251 e. The molecule has 0 unspecified atom stereocenters. The molecule has 0 bridgehead atoms. The predicted molar refractivity (Wildman–Crippen MR) is 119 cm³/mol. The molecule has 3 N–H and O–H groups in total. The molecule has 0 fully saturated rings. The van der Waals surface area contributed by atoms with Crippen molar-refractivity contribution in [3.63, 3.8) is 0 Å². The van der Waals surface area contributed by atoms with Gasteiger partial charge in [0, 0.05) is 36.2 Å². The van der Waals surface area contributed by atoms with Gasteiger partial charge in [-0.3, -0.25) is 9.36 Å². The molecule has 9 heteroatoms. The highest BCUT2D eigenvalue weighted by atomic mass is 32.2. The van der Waals surface area contributed by atoms with Crippen LogP contribution in [0.3, 0.4) is 0 Å². The number of H-pyrrole nitrogens is 1. The van der Waals surface area contributed by atoms with Gasteiger partial charge in [-0.15, -0.1) is 0 Å². The Bertz CT molecular complexity index is 1180. The van der Waals surface area contributed by atoms with Crippen molar-refractivity contribution < 1.29 is 13.2 Å². The van der Waals surface area contributed by atoms with Gasteiger partial charge in [0.2, 0.25) is 10.0 Å². The van der Waals surface area contributed by atoms with E-state index in [0.717, 1.165) is 11.3 Å². The number of nitrogens with zero attached hydrogens (tertiary/aromatic N) is 1. The van der Waals surface area contributed by atoms with Crippen LogP contribution in [0, 0.1) is 4.77 Å². The highest BCUT2D eigenvalue weighted by Crippen LogP contribution is 2.14. The van der Waals surface area contributed by atoms with Gasteiger partial charge in [-0.25, -0.2) is 13.1 Å². The molecule has 1 amide bonds. The first-order chi connectivity index (χ1) is 14.2. The maximum atomic E-state index is 12.5. The van der Waals surface area contributed by atoms with Crippen LogP contribution < -0.4 is 10.0 Å². The fourth-order valence-corrected chi connectivity index (χ4v) is 4.78. The van der Waals surface area contributed by atoms with Gasteiger partial charge in [-0.1, -0.05) is 24.3 Å². The topological polar surface area (TPSA) is 96.0 Å². The SMILES string of the molecule is CC(C)NS(=O)(=O)Cc1ccccc1CNC(=O)c1ccc(-n2cc[nH]c2=S)cc1. The van der Waals surface area contributed by atoms with E-state index in [2.05, 4.69) is 15.0 Å². The molecule has 158 valence electrons. The first kappa shape index (κ1) is 21.9. The second kappa shape index (κ2) is 9.38. The van der Waals surface area contributed by atoms with E-state index in [0.29, 0.717) is 15.9 Å². The van der Waals surface area contributed by atoms with Crippen LogP contribution in [0.1, 0.15) is 35.3 Å². The van der Waals surface area contributed by atoms with E-state index in [1.54, 1.807) is 48.9 Å². The number of nitrogens with one attached hydrogen (secondary N) is 3. The van der Waals surface area contributed by atoms with Gasteiger partial charge in [0.25, 0.3) is 5.91 Å². The lowest BCUT2D eigenvalue weighted by atomic mass is 10.1. The van der Waals surface area contributed by atoms with Crippen LogP contribution in [0.25, 0.3) is 5.69 Å². The van der Waals surface area contributed by atoms with Gasteiger partial charge < -0.3 is 10.3 Å². The number of aromatic amines is 1. The third kappa shape index (κ3) is 5.65. The Kier molecular flexibility index (Phi) is 6.86. The summed E-state index contributed by atoms with van der Waals surface area (Å²) in [5.41, 5.74) is 2.77. The average molecular weight is 445 g/mol. The van der Waals surface area contributed by atoms with E-state index < -0.39 is 10.0 Å². The van der Waals surface area contributed by atoms with Crippen LogP contribution in [0.2, 0.25) is 0 Å². The summed E-state index contributed by atoms with van der Waals surface area (Å²) >= 11 is 5.20. The molecule has 0 saturated carbocycles. The summed E-state index contributed by atoms with van der Waals surface area (Å²) in [5.74, 6) is -0.374. The number of hydrogen-bond donors (Lipinski definition) is 3. The van der Waals surface area contributed by atoms with Crippen molar-refractivity contribution in [3.8, 4) is 5.69 Å². The Hall–Kier alpha value is -2.75. The summed E-state index contributed by atoms with van der Waals surface area (Å²) in [7, 11) is -3.45. The predicted octanol–water partition coefficient (Wildman–Crippen LogP) is 3.29. The number of sulfonamides is 1. The third-order valence-electron chi connectivity index (χ3n) is 4.38. The molecule has 1 heterocycles. The maximum Gasteiger partial charge on any atom is 0.251 e. The Balaban J connectivity index is 1.68. The summed E-state index contributed by atoms with van der Waals surface area (Å²) in [6, 6.07) is 14.1. The second-order valence-electron chi connectivity index (χ2n) is 7.17. The summed E-state index contributed by atoms with van der Waals surface area (Å²) in [5, 5.41) is 2.86. The van der Waals surface area contributed by atoms with E-state index in [4.69, 9.17) is 12.2 Å². The summed E-state index contributed by atoms with van der Waals surface area (Å²) in [6.07, 6.45) is 3.56. The molecule has 0 saturated heterocycles. The molecule has 0 aliphatic heterocycles. The van der Waals surface area contributed by atoms with Crippen molar-refractivity contribution in [1.82, 2.24) is 19.6 Å². The van der Waals surface area contributed by atoms with Crippen molar-refractivity contribution in [3.05, 3.63) is 82.4 Å². The molecular weight excluding hydrogens is 420 g/mol. The van der Waals surface area contributed by atoms with E-state index in [1.807, 2.05) is 30.5 Å². The normalized spacial score (nSPS) is 11.6. The molecule has 2 aromatic carbocycles. The van der Waals surface area contributed by atoms with Gasteiger partial charge in [0.05, 0.1) is 5.75 Å². The van der Waals surface area contributed by atoms with E-state index >= 15 is 0 Å². The van der Waals surface area contributed by atoms with Crippen LogP contribution in [0.5, 0.6) is 0 Å². The van der Waals surface area contributed by atoms with E-state index in [9.17, 15) is 13.2 Å². The zero-order valence-electron chi connectivity index (χ0n) is 16.8. The zero-order chi connectivity index (χ0) is 21.7. The number of amides is 1. The third-order valence-corrected chi connectivity index (χ3v) is 6.21. The monoisotopic (exact) mass is 444 g/mol. The zero-order valence-corrected chi connectivity index (χ0v) is 18.4. The second-order valence-corrected chi connectivity index (χ2v) is 9.31. The molecule has 0 spiro atoms. The van der Waals surface area contributed by atoms with Crippen molar-refractivity contribution >= 4 is 28.1 Å². The quantitative estimate of drug-likeness (QED) is 0.465. The lowest BCUT2D eigenvalue weighted by Gasteiger charge is -2.13. The van der Waals surface area contributed by atoms with Crippen LogP contribution >= 0.6 is 12.2 Å². The lowest BCUT2D eigenvalue weighted by Crippen LogP contribution is -2.31. The Morgan fingerprint density at radius 3 is 2.37 bits per heavy atom. The minimum absolute atomic E-state index is 0.136. The Morgan fingerprint density at radius 2 is 1.77 bits per heavy atom. The molecule has 0 aliphatic carbocycles. The average Bonchev–Trinajstić information content (AvgIpc) is 3.12. The van der Waals surface area contributed by atoms with Gasteiger partial charge in [0.1, 0.15) is 0 Å². The fourth-order valence-electron chi connectivity index (χ4n) is 3.05. The van der Waals surface area contributed by atoms with Crippen LogP contribution in [-0.2, 0) is 22.3 Å². The molecule has 3 rings (SSSR count). The van der Waals surface area contributed by atoms with Gasteiger partial charge >= 0.3 is 0 Å². The van der Waals surface area contributed by atoms with Crippen LogP contribution in [0.15, 0.2) is 60.9 Å². The number of carbonyl (C=O) groups excluding carboxylic acids is 1. The van der Waals surface area contributed by atoms with Crippen LogP contribution in [0.4, 0.5) is 0 Å². The van der Waals surface area contributed by atoms with Gasteiger partial charge in [0.15, 0.2) is 4.77 Å². The number of rotatable bonds is 8.